The lowest BCUT2D eigenvalue weighted by molar-refractivity contribution is 0.190. The largest absolute Gasteiger partial charge is 0.479 e. The van der Waals surface area contributed by atoms with Crippen LogP contribution in [-0.2, 0) is 9.57 Å². The van der Waals surface area contributed by atoms with E-state index in [2.05, 4.69) is 9.99 Å². The summed E-state index contributed by atoms with van der Waals surface area (Å²) < 4.78 is 5.06. The Morgan fingerprint density at radius 1 is 1.56 bits per heavy atom. The Labute approximate surface area is 55.6 Å². The molecule has 3 heteroatoms. The van der Waals surface area contributed by atoms with Gasteiger partial charge in [-0.3, -0.25) is 0 Å². The number of hydrogen-bond acceptors (Lipinski definition) is 3. The number of hydrogen-bond donors (Lipinski definition) is 0. The number of nitrogens with zero attached hydrogens (tertiary/aromatic N) is 1. The summed E-state index contributed by atoms with van der Waals surface area (Å²) in [5, 5.41) is 3.56. The molecule has 3 nitrogen and oxygen atoms in total. The molecule has 0 unspecified atom stereocenters. The molecule has 0 aromatic heterocycles. The van der Waals surface area contributed by atoms with Crippen LogP contribution in [0.4, 0.5) is 0 Å². The van der Waals surface area contributed by atoms with Gasteiger partial charge in [-0.25, -0.2) is 0 Å². The zero-order valence-corrected chi connectivity index (χ0v) is 6.18. The fraction of sp³-hybridized carbons (Fsp3) is 0.833. The Morgan fingerprint density at radius 3 is 2.67 bits per heavy atom. The Kier molecular flexibility index (Phi) is 4.97. The van der Waals surface area contributed by atoms with Crippen LogP contribution in [0.15, 0.2) is 5.16 Å². The molecule has 54 valence electrons. The van der Waals surface area contributed by atoms with E-state index < -0.39 is 0 Å². The molecule has 0 amide bonds. The molecule has 0 heterocycles. The second-order valence-corrected chi connectivity index (χ2v) is 1.64. The van der Waals surface area contributed by atoms with Crippen LogP contribution in [0, 0.1) is 0 Å². The Balaban J connectivity index is 3.25. The Bertz CT molecular complexity index is 91.1. The first-order valence-corrected chi connectivity index (χ1v) is 3.01. The van der Waals surface area contributed by atoms with Crippen LogP contribution in [0.1, 0.15) is 20.3 Å². The predicted octanol–water partition coefficient (Wildman–Crippen LogP) is 1.39. The fourth-order valence-corrected chi connectivity index (χ4v) is 0.405. The summed E-state index contributed by atoms with van der Waals surface area (Å²) in [6.45, 7) is 4.51. The van der Waals surface area contributed by atoms with Crippen LogP contribution in [-0.4, -0.2) is 19.6 Å². The fourth-order valence-electron chi connectivity index (χ4n) is 0.405. The zero-order valence-electron chi connectivity index (χ0n) is 6.18. The Morgan fingerprint density at radius 2 is 2.22 bits per heavy atom. The second kappa shape index (κ2) is 5.41. The normalized spacial score (nSPS) is 11.2. The van der Waals surface area contributed by atoms with Crippen molar-refractivity contribution in [2.24, 2.45) is 5.16 Å². The van der Waals surface area contributed by atoms with E-state index in [9.17, 15) is 0 Å². The molecule has 0 radical (unpaired) electrons. The molecule has 9 heavy (non-hydrogen) atoms. The van der Waals surface area contributed by atoms with E-state index >= 15 is 0 Å². The van der Waals surface area contributed by atoms with Gasteiger partial charge in [0.15, 0.2) is 0 Å². The smallest absolute Gasteiger partial charge is 0.222 e. The Hall–Kier alpha value is -0.730. The molecule has 0 saturated carbocycles. The van der Waals surface area contributed by atoms with Gasteiger partial charge in [0, 0.05) is 6.92 Å². The van der Waals surface area contributed by atoms with Gasteiger partial charge in [0.05, 0.1) is 6.61 Å². The number of ether oxygens (including phenoxy) is 1. The molecule has 0 aliphatic rings. The molecule has 0 atom stereocenters. The van der Waals surface area contributed by atoms with Crippen LogP contribution in [0.3, 0.4) is 0 Å². The standard InChI is InChI=1S/C6H13NO2/c1-4-5-9-6(2)7-8-3/h4-5H2,1-3H3/b7-6+. The average Bonchev–Trinajstić information content (AvgIpc) is 1.85. The molecule has 0 saturated heterocycles. The SMILES string of the molecule is CCCO/C(C)=N/OC. The lowest BCUT2D eigenvalue weighted by atomic mass is 10.5. The van der Waals surface area contributed by atoms with E-state index in [0.717, 1.165) is 6.42 Å². The first kappa shape index (κ1) is 8.27. The molecule has 0 bridgehead atoms. The molecule has 0 aliphatic carbocycles. The van der Waals surface area contributed by atoms with E-state index in [1.165, 1.54) is 7.11 Å². The minimum absolute atomic E-state index is 0.583. The van der Waals surface area contributed by atoms with Gasteiger partial charge >= 0.3 is 0 Å². The van der Waals surface area contributed by atoms with Crippen molar-refractivity contribution in [1.29, 1.82) is 0 Å². The van der Waals surface area contributed by atoms with E-state index in [1.54, 1.807) is 6.92 Å². The highest BCUT2D eigenvalue weighted by Gasteiger charge is 1.87. The van der Waals surface area contributed by atoms with Crippen molar-refractivity contribution in [1.82, 2.24) is 0 Å². The van der Waals surface area contributed by atoms with Gasteiger partial charge in [-0.15, -0.1) is 0 Å². The van der Waals surface area contributed by atoms with Crippen molar-refractivity contribution < 1.29 is 9.57 Å². The first-order valence-electron chi connectivity index (χ1n) is 3.01. The maximum absolute atomic E-state index is 5.06. The van der Waals surface area contributed by atoms with Crippen LogP contribution < -0.4 is 0 Å². The van der Waals surface area contributed by atoms with Crippen molar-refractivity contribution in [3.8, 4) is 0 Å². The monoisotopic (exact) mass is 131 g/mol. The summed E-state index contributed by atoms with van der Waals surface area (Å²) in [6, 6.07) is 0. The molecular formula is C6H13NO2. The summed E-state index contributed by atoms with van der Waals surface area (Å²) in [4.78, 5) is 4.46. The highest BCUT2D eigenvalue weighted by molar-refractivity contribution is 5.72. The number of rotatable bonds is 3. The van der Waals surface area contributed by atoms with Crippen molar-refractivity contribution in [3.63, 3.8) is 0 Å². The minimum atomic E-state index is 0.583. The van der Waals surface area contributed by atoms with Crippen LogP contribution in [0.2, 0.25) is 0 Å². The molecule has 0 rings (SSSR count). The molecule has 0 aromatic rings. The van der Waals surface area contributed by atoms with Crippen LogP contribution >= 0.6 is 0 Å². The lowest BCUT2D eigenvalue weighted by Gasteiger charge is -2.00. The molecule has 0 fully saturated rings. The maximum atomic E-state index is 5.06. The molecular weight excluding hydrogens is 118 g/mol. The minimum Gasteiger partial charge on any atom is -0.479 e. The highest BCUT2D eigenvalue weighted by atomic mass is 16.6. The van der Waals surface area contributed by atoms with E-state index in [0.29, 0.717) is 12.5 Å². The summed E-state index contributed by atoms with van der Waals surface area (Å²) in [6.07, 6.45) is 0.997. The summed E-state index contributed by atoms with van der Waals surface area (Å²) in [5.41, 5.74) is 0. The predicted molar refractivity (Wildman–Crippen MR) is 36.4 cm³/mol. The van der Waals surface area contributed by atoms with Crippen molar-refractivity contribution >= 4 is 5.90 Å². The highest BCUT2D eigenvalue weighted by Crippen LogP contribution is 1.84. The van der Waals surface area contributed by atoms with Crippen LogP contribution in [0.25, 0.3) is 0 Å². The summed E-state index contributed by atoms with van der Waals surface area (Å²) in [5.74, 6) is 0.583. The van der Waals surface area contributed by atoms with Gasteiger partial charge in [-0.2, -0.15) is 0 Å². The van der Waals surface area contributed by atoms with Gasteiger partial charge in [0.25, 0.3) is 0 Å². The molecule has 0 aliphatic heterocycles. The maximum Gasteiger partial charge on any atom is 0.222 e. The average molecular weight is 131 g/mol. The van der Waals surface area contributed by atoms with Gasteiger partial charge in [-0.1, -0.05) is 12.1 Å². The van der Waals surface area contributed by atoms with Crippen molar-refractivity contribution in [2.75, 3.05) is 13.7 Å². The third kappa shape index (κ3) is 5.14. The first-order chi connectivity index (χ1) is 4.31. The number of oxime groups is 1. The topological polar surface area (TPSA) is 30.8 Å². The van der Waals surface area contributed by atoms with Gasteiger partial charge < -0.3 is 9.57 Å². The van der Waals surface area contributed by atoms with Crippen molar-refractivity contribution in [2.45, 2.75) is 20.3 Å². The third-order valence-corrected chi connectivity index (χ3v) is 0.735. The van der Waals surface area contributed by atoms with E-state index in [-0.39, 0.29) is 0 Å². The van der Waals surface area contributed by atoms with E-state index in [4.69, 9.17) is 4.74 Å². The van der Waals surface area contributed by atoms with E-state index in [1.807, 2.05) is 6.92 Å². The summed E-state index contributed by atoms with van der Waals surface area (Å²) >= 11 is 0. The molecule has 0 aromatic carbocycles. The van der Waals surface area contributed by atoms with Gasteiger partial charge in [0.2, 0.25) is 5.90 Å². The van der Waals surface area contributed by atoms with Gasteiger partial charge in [0.1, 0.15) is 7.11 Å². The third-order valence-electron chi connectivity index (χ3n) is 0.735. The zero-order chi connectivity index (χ0) is 7.11. The van der Waals surface area contributed by atoms with Crippen LogP contribution in [0.5, 0.6) is 0 Å². The molecule has 0 spiro atoms. The quantitative estimate of drug-likeness (QED) is 0.329. The lowest BCUT2D eigenvalue weighted by Crippen LogP contribution is -2.00. The van der Waals surface area contributed by atoms with Crippen molar-refractivity contribution in [3.05, 3.63) is 0 Å². The van der Waals surface area contributed by atoms with Gasteiger partial charge in [-0.05, 0) is 6.42 Å². The summed E-state index contributed by atoms with van der Waals surface area (Å²) in [7, 11) is 1.50. The second-order valence-electron chi connectivity index (χ2n) is 1.64. The molecule has 0 N–H and O–H groups in total.